The molecule has 0 aromatic heterocycles. The fourth-order valence-electron chi connectivity index (χ4n) is 3.17. The molecule has 0 spiro atoms. The van der Waals surface area contributed by atoms with Crippen molar-refractivity contribution in [2.45, 2.75) is 39.0 Å². The first kappa shape index (κ1) is 23.6. The third kappa shape index (κ3) is 5.25. The number of carbonyl (C=O) groups is 2. The fraction of sp³-hybridized carbons (Fsp3) is 0.364. The van der Waals surface area contributed by atoms with Crippen LogP contribution >= 0.6 is 0 Å². The van der Waals surface area contributed by atoms with Crippen molar-refractivity contribution >= 4 is 27.4 Å². The van der Waals surface area contributed by atoms with Gasteiger partial charge < -0.3 is 10.1 Å². The number of sulfonamides is 1. The number of methoxy groups -OCH3 is 1. The minimum Gasteiger partial charge on any atom is -0.496 e. The van der Waals surface area contributed by atoms with E-state index in [0.717, 1.165) is 0 Å². The largest absolute Gasteiger partial charge is 0.496 e. The van der Waals surface area contributed by atoms with E-state index in [1.807, 2.05) is 0 Å². The lowest BCUT2D eigenvalue weighted by Crippen LogP contribution is -2.31. The van der Waals surface area contributed by atoms with Crippen molar-refractivity contribution in [1.82, 2.24) is 4.31 Å². The first-order valence-corrected chi connectivity index (χ1v) is 11.2. The molecule has 2 aromatic rings. The zero-order chi connectivity index (χ0) is 22.5. The molecule has 0 saturated heterocycles. The van der Waals surface area contributed by atoms with E-state index in [2.05, 4.69) is 5.32 Å². The summed E-state index contributed by atoms with van der Waals surface area (Å²) < 4.78 is 32.4. The van der Waals surface area contributed by atoms with Crippen molar-refractivity contribution in [3.05, 3.63) is 53.1 Å². The number of ether oxygens (including phenoxy) is 1. The van der Waals surface area contributed by atoms with Gasteiger partial charge in [-0.05, 0) is 49.7 Å². The summed E-state index contributed by atoms with van der Waals surface area (Å²) in [6, 6.07) is 9.74. The molecule has 0 radical (unpaired) electrons. The number of anilines is 1. The lowest BCUT2D eigenvalue weighted by atomic mass is 10.0. The van der Waals surface area contributed by atoms with Crippen molar-refractivity contribution in [1.29, 1.82) is 0 Å². The van der Waals surface area contributed by atoms with Gasteiger partial charge in [-0.3, -0.25) is 9.59 Å². The number of amides is 1. The zero-order valence-corrected chi connectivity index (χ0v) is 18.8. The second kappa shape index (κ2) is 9.86. The smallest absolute Gasteiger partial charge is 0.243 e. The minimum absolute atomic E-state index is 0.0176. The SMILES string of the molecule is CCN(CC)S(=O)(=O)c1cc(NC(=O)Cc2cc(C(C)=O)ccc2OC)ccc1C. The molecule has 1 N–H and O–H groups in total. The average molecular weight is 433 g/mol. The molecule has 7 nitrogen and oxygen atoms in total. The molecule has 2 rings (SSSR count). The predicted molar refractivity (Wildman–Crippen MR) is 117 cm³/mol. The lowest BCUT2D eigenvalue weighted by molar-refractivity contribution is -0.115. The van der Waals surface area contributed by atoms with E-state index in [9.17, 15) is 18.0 Å². The van der Waals surface area contributed by atoms with Crippen LogP contribution in [0.2, 0.25) is 0 Å². The molecule has 0 fully saturated rings. The first-order valence-electron chi connectivity index (χ1n) is 9.72. The van der Waals surface area contributed by atoms with E-state index in [0.29, 0.717) is 41.2 Å². The minimum atomic E-state index is -3.65. The highest BCUT2D eigenvalue weighted by atomic mass is 32.2. The number of hydrogen-bond donors (Lipinski definition) is 1. The van der Waals surface area contributed by atoms with Gasteiger partial charge in [0.15, 0.2) is 5.78 Å². The van der Waals surface area contributed by atoms with Crippen molar-refractivity contribution in [3.63, 3.8) is 0 Å². The van der Waals surface area contributed by atoms with Crippen LogP contribution < -0.4 is 10.1 Å². The van der Waals surface area contributed by atoms with Crippen LogP contribution in [-0.4, -0.2) is 44.6 Å². The van der Waals surface area contributed by atoms with Crippen LogP contribution in [0.1, 0.15) is 42.3 Å². The van der Waals surface area contributed by atoms with E-state index in [-0.39, 0.29) is 23.0 Å². The van der Waals surface area contributed by atoms with Crippen molar-refractivity contribution in [3.8, 4) is 5.75 Å². The van der Waals surface area contributed by atoms with Gasteiger partial charge in [-0.2, -0.15) is 4.31 Å². The third-order valence-electron chi connectivity index (χ3n) is 4.83. The molecule has 0 heterocycles. The maximum absolute atomic E-state index is 12.9. The number of ketones is 1. The number of hydrogen-bond acceptors (Lipinski definition) is 5. The molecule has 0 saturated carbocycles. The van der Waals surface area contributed by atoms with Gasteiger partial charge in [0.25, 0.3) is 0 Å². The predicted octanol–water partition coefficient (Wildman–Crippen LogP) is 3.42. The van der Waals surface area contributed by atoms with E-state index in [1.54, 1.807) is 51.1 Å². The molecule has 162 valence electrons. The molecule has 0 aliphatic rings. The Hall–Kier alpha value is -2.71. The molecular formula is C22H28N2O5S. The summed E-state index contributed by atoms with van der Waals surface area (Å²) in [6.45, 7) is 7.47. The third-order valence-corrected chi connectivity index (χ3v) is 7.02. The molecule has 0 bridgehead atoms. The number of benzene rings is 2. The summed E-state index contributed by atoms with van der Waals surface area (Å²) in [7, 11) is -2.16. The van der Waals surface area contributed by atoms with Crippen molar-refractivity contribution in [2.75, 3.05) is 25.5 Å². The highest BCUT2D eigenvalue weighted by Crippen LogP contribution is 2.25. The zero-order valence-electron chi connectivity index (χ0n) is 18.0. The molecule has 1 amide bonds. The maximum atomic E-state index is 12.9. The summed E-state index contributed by atoms with van der Waals surface area (Å²) in [4.78, 5) is 24.4. The molecule has 0 unspecified atom stereocenters. The van der Waals surface area contributed by atoms with Crippen LogP contribution in [0.25, 0.3) is 0 Å². The number of nitrogens with zero attached hydrogens (tertiary/aromatic N) is 1. The normalized spacial score (nSPS) is 11.4. The number of rotatable bonds is 9. The van der Waals surface area contributed by atoms with Gasteiger partial charge in [0.1, 0.15) is 5.75 Å². The maximum Gasteiger partial charge on any atom is 0.243 e. The number of carbonyl (C=O) groups excluding carboxylic acids is 2. The van der Waals surface area contributed by atoms with Crippen LogP contribution in [0, 0.1) is 6.92 Å². The van der Waals surface area contributed by atoms with Gasteiger partial charge in [-0.1, -0.05) is 19.9 Å². The van der Waals surface area contributed by atoms with Crippen LogP contribution in [0.4, 0.5) is 5.69 Å². The Kier molecular flexibility index (Phi) is 7.75. The highest BCUT2D eigenvalue weighted by Gasteiger charge is 2.24. The van der Waals surface area contributed by atoms with Gasteiger partial charge in [0.05, 0.1) is 18.4 Å². The number of nitrogens with one attached hydrogen (secondary N) is 1. The Morgan fingerprint density at radius 1 is 1.07 bits per heavy atom. The molecule has 2 aromatic carbocycles. The van der Waals surface area contributed by atoms with Gasteiger partial charge in [0, 0.05) is 29.9 Å². The summed E-state index contributed by atoms with van der Waals surface area (Å²) in [5.41, 5.74) is 2.06. The highest BCUT2D eigenvalue weighted by molar-refractivity contribution is 7.89. The van der Waals surface area contributed by atoms with E-state index in [1.165, 1.54) is 24.4 Å². The average Bonchev–Trinajstić information content (AvgIpc) is 2.69. The van der Waals surface area contributed by atoms with Gasteiger partial charge in [-0.25, -0.2) is 8.42 Å². The molecule has 0 aliphatic carbocycles. The van der Waals surface area contributed by atoms with Gasteiger partial charge in [0.2, 0.25) is 15.9 Å². The summed E-state index contributed by atoms with van der Waals surface area (Å²) in [5.74, 6) is 0.0528. The first-order chi connectivity index (χ1) is 14.1. The molecular weight excluding hydrogens is 404 g/mol. The van der Waals surface area contributed by atoms with E-state index in [4.69, 9.17) is 4.74 Å². The van der Waals surface area contributed by atoms with Crippen LogP contribution in [-0.2, 0) is 21.2 Å². The van der Waals surface area contributed by atoms with Crippen molar-refractivity contribution in [2.24, 2.45) is 0 Å². The van der Waals surface area contributed by atoms with Crippen LogP contribution in [0.3, 0.4) is 0 Å². The number of Topliss-reactive ketones (excluding diaryl/α,β-unsaturated/α-hetero) is 1. The van der Waals surface area contributed by atoms with E-state index >= 15 is 0 Å². The van der Waals surface area contributed by atoms with E-state index < -0.39 is 10.0 Å². The van der Waals surface area contributed by atoms with Crippen LogP contribution in [0.15, 0.2) is 41.3 Å². The lowest BCUT2D eigenvalue weighted by Gasteiger charge is -2.20. The Labute approximate surface area is 178 Å². The second-order valence-electron chi connectivity index (χ2n) is 6.88. The van der Waals surface area contributed by atoms with Gasteiger partial charge >= 0.3 is 0 Å². The Morgan fingerprint density at radius 2 is 1.73 bits per heavy atom. The topological polar surface area (TPSA) is 92.8 Å². The molecule has 8 heteroatoms. The second-order valence-corrected chi connectivity index (χ2v) is 8.78. The quantitative estimate of drug-likeness (QED) is 0.613. The molecule has 30 heavy (non-hydrogen) atoms. The fourth-order valence-corrected chi connectivity index (χ4v) is 4.88. The molecule has 0 atom stereocenters. The summed E-state index contributed by atoms with van der Waals surface area (Å²) in [5, 5.41) is 2.74. The summed E-state index contributed by atoms with van der Waals surface area (Å²) >= 11 is 0. The Balaban J connectivity index is 2.29. The van der Waals surface area contributed by atoms with Crippen molar-refractivity contribution < 1.29 is 22.7 Å². The Bertz CT molecular complexity index is 1040. The summed E-state index contributed by atoms with van der Waals surface area (Å²) in [6.07, 6.45) is -0.0176. The van der Waals surface area contributed by atoms with Gasteiger partial charge in [-0.15, -0.1) is 0 Å². The molecule has 0 aliphatic heterocycles. The number of aryl methyl sites for hydroxylation is 1. The van der Waals surface area contributed by atoms with Crippen LogP contribution in [0.5, 0.6) is 5.75 Å². The standard InChI is InChI=1S/C22H28N2O5S/c1-6-24(7-2)30(27,28)21-14-19(10-8-15(21)3)23-22(26)13-18-12-17(16(4)25)9-11-20(18)29-5/h8-12,14H,6-7,13H2,1-5H3,(H,23,26). The monoisotopic (exact) mass is 432 g/mol. The Morgan fingerprint density at radius 3 is 2.30 bits per heavy atom.